The van der Waals surface area contributed by atoms with Crippen LogP contribution in [0.25, 0.3) is 33.2 Å². The largest absolute Gasteiger partial charge is 0.409 e. The Kier molecular flexibility index (Phi) is 4.27. The third-order valence-electron chi connectivity index (χ3n) is 4.75. The van der Waals surface area contributed by atoms with Crippen molar-refractivity contribution >= 4 is 16.7 Å². The number of amidine groups is 1. The zero-order chi connectivity index (χ0) is 19.8. The second kappa shape index (κ2) is 6.77. The van der Waals surface area contributed by atoms with Crippen LogP contribution in [-0.4, -0.2) is 21.2 Å². The first kappa shape index (κ1) is 17.7. The van der Waals surface area contributed by atoms with Crippen LogP contribution in [-0.2, 0) is 0 Å². The maximum absolute atomic E-state index is 15.4. The van der Waals surface area contributed by atoms with Crippen molar-refractivity contribution in [3.05, 3.63) is 77.5 Å². The minimum atomic E-state index is -0.861. The molecule has 4 rings (SSSR count). The summed E-state index contributed by atoms with van der Waals surface area (Å²) in [7, 11) is 0. The molecule has 0 bridgehead atoms. The summed E-state index contributed by atoms with van der Waals surface area (Å²) in [6.07, 6.45) is 1.62. The molecule has 7 heteroatoms. The van der Waals surface area contributed by atoms with Gasteiger partial charge in [0.1, 0.15) is 11.6 Å². The second-order valence-corrected chi connectivity index (χ2v) is 6.40. The summed E-state index contributed by atoms with van der Waals surface area (Å²) in [5.41, 5.74) is 7.71. The molecule has 0 atom stereocenters. The van der Waals surface area contributed by atoms with Gasteiger partial charge in [-0.05, 0) is 30.2 Å². The molecular weight excluding hydrogens is 362 g/mol. The molecule has 0 aliphatic heterocycles. The van der Waals surface area contributed by atoms with E-state index in [1.54, 1.807) is 54.7 Å². The Hall–Kier alpha value is -3.74. The van der Waals surface area contributed by atoms with Crippen LogP contribution in [0.5, 0.6) is 0 Å². The first-order valence-corrected chi connectivity index (χ1v) is 8.51. The van der Waals surface area contributed by atoms with E-state index in [2.05, 4.69) is 15.4 Å². The fourth-order valence-corrected chi connectivity index (χ4v) is 3.37. The number of hydrogen-bond acceptors (Lipinski definition) is 3. The molecule has 1 aromatic heterocycles. The van der Waals surface area contributed by atoms with E-state index in [9.17, 15) is 5.21 Å². The van der Waals surface area contributed by atoms with E-state index in [1.165, 1.54) is 6.92 Å². The Balaban J connectivity index is 2.16. The summed E-state index contributed by atoms with van der Waals surface area (Å²) >= 11 is 0. The van der Waals surface area contributed by atoms with Crippen molar-refractivity contribution in [3.8, 4) is 22.3 Å². The number of rotatable bonds is 3. The number of aromatic amines is 1. The summed E-state index contributed by atoms with van der Waals surface area (Å²) in [4.78, 5) is 0. The number of fused-ring (bicyclic) bond motifs is 1. The molecule has 0 aliphatic carbocycles. The van der Waals surface area contributed by atoms with Gasteiger partial charge in [-0.15, -0.1) is 0 Å². The summed E-state index contributed by atoms with van der Waals surface area (Å²) < 4.78 is 30.4. The Bertz CT molecular complexity index is 1220. The normalized spacial score (nSPS) is 11.9. The third-order valence-corrected chi connectivity index (χ3v) is 4.75. The molecule has 4 N–H and O–H groups in total. The summed E-state index contributed by atoms with van der Waals surface area (Å²) in [5.74, 6) is -1.99. The quantitative estimate of drug-likeness (QED) is 0.211. The zero-order valence-electron chi connectivity index (χ0n) is 14.9. The molecule has 0 amide bonds. The number of halogens is 2. The van der Waals surface area contributed by atoms with Gasteiger partial charge in [0.2, 0.25) is 0 Å². The van der Waals surface area contributed by atoms with E-state index < -0.39 is 17.5 Å². The highest BCUT2D eigenvalue weighted by Crippen LogP contribution is 2.40. The molecule has 28 heavy (non-hydrogen) atoms. The molecule has 0 spiro atoms. The molecule has 5 nitrogen and oxygen atoms in total. The molecule has 0 fully saturated rings. The van der Waals surface area contributed by atoms with Gasteiger partial charge in [-0.1, -0.05) is 41.6 Å². The molecule has 0 saturated carbocycles. The highest BCUT2D eigenvalue weighted by atomic mass is 19.1. The van der Waals surface area contributed by atoms with Crippen molar-refractivity contribution in [1.82, 2.24) is 10.2 Å². The predicted molar refractivity (Wildman–Crippen MR) is 104 cm³/mol. The molecule has 4 aromatic rings. The minimum absolute atomic E-state index is 0.144. The van der Waals surface area contributed by atoms with Crippen LogP contribution < -0.4 is 5.73 Å². The SMILES string of the molecule is Cc1c(F)c(C(N)=NO)c(-c2ccccc2)c(-c2ccc3[nH]ncc3c2)c1F. The van der Waals surface area contributed by atoms with Gasteiger partial charge in [-0.25, -0.2) is 8.78 Å². The third kappa shape index (κ3) is 2.68. The molecule has 0 radical (unpaired) electrons. The van der Waals surface area contributed by atoms with Crippen LogP contribution in [0.3, 0.4) is 0 Å². The van der Waals surface area contributed by atoms with Crippen molar-refractivity contribution in [1.29, 1.82) is 0 Å². The lowest BCUT2D eigenvalue weighted by molar-refractivity contribution is 0.318. The van der Waals surface area contributed by atoms with E-state index in [1.807, 2.05) is 0 Å². The number of oxime groups is 1. The summed E-state index contributed by atoms with van der Waals surface area (Å²) in [6, 6.07) is 14.0. The molecule has 0 unspecified atom stereocenters. The predicted octanol–water partition coefficient (Wildman–Crippen LogP) is 4.58. The van der Waals surface area contributed by atoms with Crippen molar-refractivity contribution in [2.45, 2.75) is 6.92 Å². The fraction of sp³-hybridized carbons (Fsp3) is 0.0476. The Labute approximate surface area is 159 Å². The summed E-state index contributed by atoms with van der Waals surface area (Å²) in [5, 5.41) is 19.8. The number of H-pyrrole nitrogens is 1. The average Bonchev–Trinajstić information content (AvgIpc) is 3.19. The van der Waals surface area contributed by atoms with E-state index in [0.717, 1.165) is 10.9 Å². The standard InChI is InChI=1S/C21H16F2N4O/c1-11-19(22)17(13-7-8-15-14(9-13)10-25-26-15)16(12-5-3-2-4-6-12)18(20(11)23)21(24)27-28/h2-10,28H,1H3,(H2,24,27)(H,25,26). The lowest BCUT2D eigenvalue weighted by Crippen LogP contribution is -2.19. The highest BCUT2D eigenvalue weighted by Gasteiger charge is 2.26. The lowest BCUT2D eigenvalue weighted by atomic mass is 9.87. The number of nitrogens with zero attached hydrogens (tertiary/aromatic N) is 2. The molecule has 0 saturated heterocycles. The molecule has 1 heterocycles. The Morgan fingerprint density at radius 2 is 1.79 bits per heavy atom. The van der Waals surface area contributed by atoms with Crippen LogP contribution in [0, 0.1) is 18.6 Å². The lowest BCUT2D eigenvalue weighted by Gasteiger charge is -2.19. The molecule has 140 valence electrons. The number of aromatic nitrogens is 2. The van der Waals surface area contributed by atoms with Gasteiger partial charge in [-0.2, -0.15) is 5.10 Å². The van der Waals surface area contributed by atoms with Crippen molar-refractivity contribution in [2.24, 2.45) is 10.9 Å². The minimum Gasteiger partial charge on any atom is -0.409 e. The highest BCUT2D eigenvalue weighted by molar-refractivity contribution is 6.07. The maximum atomic E-state index is 15.4. The van der Waals surface area contributed by atoms with Crippen molar-refractivity contribution < 1.29 is 14.0 Å². The van der Waals surface area contributed by atoms with Gasteiger partial charge < -0.3 is 10.9 Å². The fourth-order valence-electron chi connectivity index (χ4n) is 3.37. The molecular formula is C21H16F2N4O. The number of hydrogen-bond donors (Lipinski definition) is 3. The Morgan fingerprint density at radius 3 is 2.50 bits per heavy atom. The van der Waals surface area contributed by atoms with Crippen LogP contribution in [0.15, 0.2) is 59.9 Å². The smallest absolute Gasteiger partial charge is 0.173 e. The topological polar surface area (TPSA) is 87.3 Å². The van der Waals surface area contributed by atoms with Crippen LogP contribution in [0.2, 0.25) is 0 Å². The van der Waals surface area contributed by atoms with Crippen molar-refractivity contribution in [2.75, 3.05) is 0 Å². The number of nitrogens with one attached hydrogen (secondary N) is 1. The van der Waals surface area contributed by atoms with Gasteiger partial charge in [-0.3, -0.25) is 5.10 Å². The van der Waals surface area contributed by atoms with Crippen molar-refractivity contribution in [3.63, 3.8) is 0 Å². The second-order valence-electron chi connectivity index (χ2n) is 6.40. The van der Waals surface area contributed by atoms with Gasteiger partial charge >= 0.3 is 0 Å². The average molecular weight is 378 g/mol. The van der Waals surface area contributed by atoms with Gasteiger partial charge in [0.05, 0.1) is 17.3 Å². The molecule has 0 aliphatic rings. The van der Waals surface area contributed by atoms with Crippen LogP contribution in [0.1, 0.15) is 11.1 Å². The van der Waals surface area contributed by atoms with E-state index in [-0.39, 0.29) is 22.3 Å². The first-order valence-electron chi connectivity index (χ1n) is 8.51. The van der Waals surface area contributed by atoms with E-state index in [4.69, 9.17) is 5.73 Å². The first-order chi connectivity index (χ1) is 13.5. The maximum Gasteiger partial charge on any atom is 0.173 e. The van der Waals surface area contributed by atoms with E-state index >= 15 is 8.78 Å². The zero-order valence-corrected chi connectivity index (χ0v) is 14.9. The van der Waals surface area contributed by atoms with Gasteiger partial charge in [0.15, 0.2) is 5.84 Å². The van der Waals surface area contributed by atoms with Crippen LogP contribution in [0.4, 0.5) is 8.78 Å². The van der Waals surface area contributed by atoms with Gasteiger partial charge in [0.25, 0.3) is 0 Å². The monoisotopic (exact) mass is 378 g/mol. The number of nitrogens with two attached hydrogens (primary N) is 1. The van der Waals surface area contributed by atoms with Gasteiger partial charge in [0, 0.05) is 22.1 Å². The van der Waals surface area contributed by atoms with Crippen LogP contribution >= 0.6 is 0 Å². The Morgan fingerprint density at radius 1 is 1.04 bits per heavy atom. The summed E-state index contributed by atoms with van der Waals surface area (Å²) in [6.45, 7) is 1.33. The molecule has 3 aromatic carbocycles. The number of benzene rings is 3. The van der Waals surface area contributed by atoms with E-state index in [0.29, 0.717) is 11.1 Å².